The molecule has 0 aliphatic carbocycles. The Morgan fingerprint density at radius 2 is 1.72 bits per heavy atom. The van der Waals surface area contributed by atoms with Gasteiger partial charge >= 0.3 is 0 Å². The maximum Gasteiger partial charge on any atom is 0.122 e. The third kappa shape index (κ3) is 3.52. The van der Waals surface area contributed by atoms with Crippen LogP contribution in [0.4, 0.5) is 5.69 Å². The summed E-state index contributed by atoms with van der Waals surface area (Å²) in [5.74, 6) is 0.981. The second kappa shape index (κ2) is 6.10. The summed E-state index contributed by atoms with van der Waals surface area (Å²) < 4.78 is 5.76. The Balaban J connectivity index is 1.76. The van der Waals surface area contributed by atoms with Gasteiger partial charge in [0.2, 0.25) is 0 Å². The largest absolute Gasteiger partial charge is 0.493 e. The molecule has 0 aliphatic rings. The molecule has 2 nitrogen and oxygen atoms in total. The summed E-state index contributed by atoms with van der Waals surface area (Å²) in [5, 5.41) is 0. The zero-order valence-electron chi connectivity index (χ0n) is 10.7. The lowest BCUT2D eigenvalue weighted by Crippen LogP contribution is -2.00. The molecule has 94 valence electrons. The van der Waals surface area contributed by atoms with Crippen LogP contribution in [-0.4, -0.2) is 6.61 Å². The van der Waals surface area contributed by atoms with Crippen LogP contribution >= 0.6 is 0 Å². The first-order valence-electron chi connectivity index (χ1n) is 6.28. The molecule has 0 spiro atoms. The lowest BCUT2D eigenvalue weighted by atomic mass is 10.1. The van der Waals surface area contributed by atoms with E-state index in [1.54, 1.807) is 0 Å². The van der Waals surface area contributed by atoms with Crippen LogP contribution in [0.5, 0.6) is 5.75 Å². The molecular weight excluding hydrogens is 222 g/mol. The van der Waals surface area contributed by atoms with Crippen LogP contribution in [0.15, 0.2) is 48.5 Å². The SMILES string of the molecule is Cc1ccccc1OCCCc1ccc(N)cc1. The Kier molecular flexibility index (Phi) is 4.24. The van der Waals surface area contributed by atoms with Gasteiger partial charge in [-0.1, -0.05) is 30.3 Å². The van der Waals surface area contributed by atoms with Crippen LogP contribution in [0.25, 0.3) is 0 Å². The number of nitrogen functional groups attached to an aromatic ring is 1. The first kappa shape index (κ1) is 12.5. The summed E-state index contributed by atoms with van der Waals surface area (Å²) in [7, 11) is 0. The van der Waals surface area contributed by atoms with Gasteiger partial charge in [-0.3, -0.25) is 0 Å². The van der Waals surface area contributed by atoms with Crippen molar-refractivity contribution < 1.29 is 4.74 Å². The quantitative estimate of drug-likeness (QED) is 0.641. The van der Waals surface area contributed by atoms with Crippen molar-refractivity contribution in [2.24, 2.45) is 0 Å². The average Bonchev–Trinajstić information content (AvgIpc) is 2.39. The Morgan fingerprint density at radius 1 is 1.00 bits per heavy atom. The minimum atomic E-state index is 0.745. The summed E-state index contributed by atoms with van der Waals surface area (Å²) in [5.41, 5.74) is 8.95. The third-order valence-corrected chi connectivity index (χ3v) is 2.94. The minimum absolute atomic E-state index is 0.745. The molecule has 0 amide bonds. The van der Waals surface area contributed by atoms with Gasteiger partial charge in [0.1, 0.15) is 5.75 Å². The van der Waals surface area contributed by atoms with E-state index < -0.39 is 0 Å². The number of nitrogens with two attached hydrogens (primary N) is 1. The van der Waals surface area contributed by atoms with Crippen molar-refractivity contribution in [2.45, 2.75) is 19.8 Å². The standard InChI is InChI=1S/C16H19NO/c1-13-5-2-3-7-16(13)18-12-4-6-14-8-10-15(17)11-9-14/h2-3,5,7-11H,4,6,12,17H2,1H3. The molecule has 0 fully saturated rings. The van der Waals surface area contributed by atoms with Crippen LogP contribution in [0, 0.1) is 6.92 Å². The minimum Gasteiger partial charge on any atom is -0.493 e. The molecule has 2 heteroatoms. The Labute approximate surface area is 108 Å². The summed E-state index contributed by atoms with van der Waals surface area (Å²) in [4.78, 5) is 0. The lowest BCUT2D eigenvalue weighted by Gasteiger charge is -2.08. The Bertz CT molecular complexity index is 491. The molecule has 2 N–H and O–H groups in total. The maximum absolute atomic E-state index is 5.76. The number of anilines is 1. The highest BCUT2D eigenvalue weighted by Crippen LogP contribution is 2.16. The predicted molar refractivity (Wildman–Crippen MR) is 75.8 cm³/mol. The number of para-hydroxylation sites is 1. The van der Waals surface area contributed by atoms with Crippen molar-refractivity contribution in [3.63, 3.8) is 0 Å². The fourth-order valence-corrected chi connectivity index (χ4v) is 1.86. The molecule has 0 aliphatic heterocycles. The fraction of sp³-hybridized carbons (Fsp3) is 0.250. The normalized spacial score (nSPS) is 10.3. The molecule has 0 aromatic heterocycles. The van der Waals surface area contributed by atoms with Crippen molar-refractivity contribution in [3.8, 4) is 5.75 Å². The van der Waals surface area contributed by atoms with Crippen molar-refractivity contribution in [3.05, 3.63) is 59.7 Å². The molecule has 0 unspecified atom stereocenters. The molecule has 18 heavy (non-hydrogen) atoms. The summed E-state index contributed by atoms with van der Waals surface area (Å²) in [6.45, 7) is 2.81. The first-order valence-corrected chi connectivity index (χ1v) is 6.28. The summed E-state index contributed by atoms with van der Waals surface area (Å²) in [6.07, 6.45) is 2.03. The second-order valence-electron chi connectivity index (χ2n) is 4.46. The van der Waals surface area contributed by atoms with E-state index in [1.165, 1.54) is 11.1 Å². The van der Waals surface area contributed by atoms with E-state index in [2.05, 4.69) is 25.1 Å². The molecule has 2 aromatic rings. The Morgan fingerprint density at radius 3 is 2.44 bits per heavy atom. The predicted octanol–water partition coefficient (Wildman–Crippen LogP) is 3.59. The van der Waals surface area contributed by atoms with Gasteiger partial charge in [0.15, 0.2) is 0 Å². The Hall–Kier alpha value is -1.96. The molecule has 0 radical (unpaired) electrons. The van der Waals surface area contributed by atoms with Crippen molar-refractivity contribution in [1.29, 1.82) is 0 Å². The van der Waals surface area contributed by atoms with Gasteiger partial charge < -0.3 is 10.5 Å². The number of benzene rings is 2. The fourth-order valence-electron chi connectivity index (χ4n) is 1.86. The highest BCUT2D eigenvalue weighted by molar-refractivity contribution is 5.39. The maximum atomic E-state index is 5.76. The van der Waals surface area contributed by atoms with Gasteiger partial charge in [-0.15, -0.1) is 0 Å². The van der Waals surface area contributed by atoms with Crippen molar-refractivity contribution in [1.82, 2.24) is 0 Å². The number of ether oxygens (including phenoxy) is 1. The average molecular weight is 241 g/mol. The molecule has 2 aromatic carbocycles. The highest BCUT2D eigenvalue weighted by Gasteiger charge is 1.98. The molecule has 0 atom stereocenters. The molecule has 0 bridgehead atoms. The van der Waals surface area contributed by atoms with Gasteiger partial charge in [-0.05, 0) is 49.1 Å². The molecule has 2 rings (SSSR count). The van der Waals surface area contributed by atoms with E-state index in [9.17, 15) is 0 Å². The lowest BCUT2D eigenvalue weighted by molar-refractivity contribution is 0.309. The van der Waals surface area contributed by atoms with Crippen molar-refractivity contribution >= 4 is 5.69 Å². The van der Waals surface area contributed by atoms with Crippen LogP contribution in [0.1, 0.15) is 17.5 Å². The van der Waals surface area contributed by atoms with Gasteiger partial charge in [-0.25, -0.2) is 0 Å². The zero-order chi connectivity index (χ0) is 12.8. The molecule has 0 saturated carbocycles. The molecular formula is C16H19NO. The zero-order valence-corrected chi connectivity index (χ0v) is 10.7. The van der Waals surface area contributed by atoms with Crippen LogP contribution < -0.4 is 10.5 Å². The second-order valence-corrected chi connectivity index (χ2v) is 4.46. The smallest absolute Gasteiger partial charge is 0.122 e. The highest BCUT2D eigenvalue weighted by atomic mass is 16.5. The van der Waals surface area contributed by atoms with Gasteiger partial charge in [-0.2, -0.15) is 0 Å². The monoisotopic (exact) mass is 241 g/mol. The van der Waals surface area contributed by atoms with E-state index >= 15 is 0 Å². The summed E-state index contributed by atoms with van der Waals surface area (Å²) in [6, 6.07) is 16.1. The van der Waals surface area contributed by atoms with Crippen LogP contribution in [-0.2, 0) is 6.42 Å². The summed E-state index contributed by atoms with van der Waals surface area (Å²) >= 11 is 0. The topological polar surface area (TPSA) is 35.2 Å². The van der Waals surface area contributed by atoms with Crippen molar-refractivity contribution in [2.75, 3.05) is 12.3 Å². The van der Waals surface area contributed by atoms with E-state index in [1.807, 2.05) is 30.3 Å². The van der Waals surface area contributed by atoms with E-state index in [-0.39, 0.29) is 0 Å². The third-order valence-electron chi connectivity index (χ3n) is 2.94. The van der Waals surface area contributed by atoms with Crippen LogP contribution in [0.3, 0.4) is 0 Å². The van der Waals surface area contributed by atoms with E-state index in [0.717, 1.165) is 30.9 Å². The first-order chi connectivity index (χ1) is 8.75. The number of hydrogen-bond donors (Lipinski definition) is 1. The van der Waals surface area contributed by atoms with Gasteiger partial charge in [0, 0.05) is 5.69 Å². The molecule has 0 saturated heterocycles. The molecule has 0 heterocycles. The number of rotatable bonds is 5. The number of hydrogen-bond acceptors (Lipinski definition) is 2. The van der Waals surface area contributed by atoms with Crippen LogP contribution in [0.2, 0.25) is 0 Å². The van der Waals surface area contributed by atoms with Gasteiger partial charge in [0.05, 0.1) is 6.61 Å². The van der Waals surface area contributed by atoms with E-state index in [4.69, 9.17) is 10.5 Å². The van der Waals surface area contributed by atoms with Gasteiger partial charge in [0.25, 0.3) is 0 Å². The number of aryl methyl sites for hydroxylation is 2. The van der Waals surface area contributed by atoms with E-state index in [0.29, 0.717) is 0 Å².